The summed E-state index contributed by atoms with van der Waals surface area (Å²) in [5.41, 5.74) is 5.18. The minimum absolute atomic E-state index is 0.0561. The normalized spacial score (nSPS) is 18.7. The molecule has 2 aliphatic rings. The molecule has 0 radical (unpaired) electrons. The molecule has 0 amide bonds. The molecule has 1 unspecified atom stereocenters. The molecule has 1 aliphatic heterocycles. The largest absolute Gasteiger partial charge is 0.321 e. The van der Waals surface area contributed by atoms with Gasteiger partial charge in [0, 0.05) is 38.3 Å². The van der Waals surface area contributed by atoms with E-state index in [0.717, 1.165) is 73.4 Å². The fraction of sp³-hybridized carbons (Fsp3) is 0.467. The lowest BCUT2D eigenvalue weighted by Gasteiger charge is -2.39. The van der Waals surface area contributed by atoms with Gasteiger partial charge in [0.05, 0.1) is 11.6 Å². The van der Waals surface area contributed by atoms with E-state index in [1.165, 1.54) is 30.4 Å². The van der Waals surface area contributed by atoms with Gasteiger partial charge in [0.2, 0.25) is 0 Å². The third-order valence-electron chi connectivity index (χ3n) is 8.32. The zero-order valence-corrected chi connectivity index (χ0v) is 22.4. The Morgan fingerprint density at radius 3 is 2.50 bits per heavy atom. The lowest BCUT2D eigenvalue weighted by Crippen LogP contribution is -2.48. The van der Waals surface area contributed by atoms with E-state index in [2.05, 4.69) is 92.7 Å². The molecular formula is C30H37N7O. The number of fused-ring (bicyclic) bond motifs is 1. The molecule has 8 nitrogen and oxygen atoms in total. The number of hydrogen-bond donors (Lipinski definition) is 1. The molecule has 0 spiro atoms. The average Bonchev–Trinajstić information content (AvgIpc) is 3.41. The molecular weight excluding hydrogens is 474 g/mol. The van der Waals surface area contributed by atoms with Crippen molar-refractivity contribution in [3.8, 4) is 0 Å². The van der Waals surface area contributed by atoms with Gasteiger partial charge in [-0.05, 0) is 65.8 Å². The fourth-order valence-corrected chi connectivity index (χ4v) is 6.39. The molecule has 1 atom stereocenters. The topological polar surface area (TPSA) is 82.9 Å². The van der Waals surface area contributed by atoms with Crippen LogP contribution in [0.1, 0.15) is 72.3 Å². The summed E-state index contributed by atoms with van der Waals surface area (Å²) in [6, 6.07) is 17.0. The first-order valence-electron chi connectivity index (χ1n) is 14.0. The quantitative estimate of drug-likeness (QED) is 0.409. The number of benzene rings is 2. The van der Waals surface area contributed by atoms with Crippen molar-refractivity contribution in [3.05, 3.63) is 87.0 Å². The van der Waals surface area contributed by atoms with E-state index < -0.39 is 0 Å². The number of H-pyrrole nitrogens is 1. The lowest BCUT2D eigenvalue weighted by molar-refractivity contribution is 0.0982. The average molecular weight is 512 g/mol. The maximum atomic E-state index is 13.7. The van der Waals surface area contributed by atoms with E-state index in [1.54, 1.807) is 0 Å². The second-order valence-electron chi connectivity index (χ2n) is 11.1. The smallest absolute Gasteiger partial charge is 0.253 e. The van der Waals surface area contributed by atoms with E-state index in [0.29, 0.717) is 6.04 Å². The highest BCUT2D eigenvalue weighted by molar-refractivity contribution is 5.83. The minimum Gasteiger partial charge on any atom is -0.321 e. The van der Waals surface area contributed by atoms with Crippen LogP contribution < -0.4 is 5.56 Å². The van der Waals surface area contributed by atoms with Crippen molar-refractivity contribution in [1.29, 1.82) is 0 Å². The van der Waals surface area contributed by atoms with Crippen LogP contribution in [0.4, 0.5) is 0 Å². The van der Waals surface area contributed by atoms with Gasteiger partial charge in [-0.25, -0.2) is 4.68 Å². The van der Waals surface area contributed by atoms with Crippen molar-refractivity contribution >= 4 is 10.9 Å². The third kappa shape index (κ3) is 5.02. The van der Waals surface area contributed by atoms with Crippen molar-refractivity contribution < 1.29 is 0 Å². The van der Waals surface area contributed by atoms with Crippen LogP contribution >= 0.6 is 0 Å². The van der Waals surface area contributed by atoms with Crippen molar-refractivity contribution in [2.75, 3.05) is 26.2 Å². The summed E-state index contributed by atoms with van der Waals surface area (Å²) in [6.07, 6.45) is 5.83. The van der Waals surface area contributed by atoms with Gasteiger partial charge in [-0.1, -0.05) is 61.2 Å². The molecule has 2 fully saturated rings. The SMILES string of the molecule is Cc1cc(C)c2[nH]c(=O)c(C(c3nnnn3C3CCCCC3)N3CCN(Cc4ccccc4)CC3)cc2c1. The summed E-state index contributed by atoms with van der Waals surface area (Å²) in [4.78, 5) is 21.8. The number of rotatable bonds is 6. The van der Waals surface area contributed by atoms with Crippen LogP contribution in [-0.4, -0.2) is 61.2 Å². The van der Waals surface area contributed by atoms with Gasteiger partial charge < -0.3 is 4.98 Å². The number of aromatic amines is 1. The Balaban J connectivity index is 1.37. The van der Waals surface area contributed by atoms with Crippen LogP contribution in [0.2, 0.25) is 0 Å². The molecule has 4 aromatic rings. The molecule has 2 aromatic carbocycles. The van der Waals surface area contributed by atoms with Crippen LogP contribution in [-0.2, 0) is 6.54 Å². The number of piperazine rings is 1. The highest BCUT2D eigenvalue weighted by atomic mass is 16.1. The van der Waals surface area contributed by atoms with Crippen LogP contribution in [0.25, 0.3) is 10.9 Å². The van der Waals surface area contributed by atoms with Gasteiger partial charge >= 0.3 is 0 Å². The highest BCUT2D eigenvalue weighted by Crippen LogP contribution is 2.33. The summed E-state index contributed by atoms with van der Waals surface area (Å²) >= 11 is 0. The Morgan fingerprint density at radius 1 is 0.974 bits per heavy atom. The second kappa shape index (κ2) is 10.8. The molecule has 1 aliphatic carbocycles. The number of nitrogens with one attached hydrogen (secondary N) is 1. The van der Waals surface area contributed by atoms with Crippen LogP contribution in [0.5, 0.6) is 0 Å². The third-order valence-corrected chi connectivity index (χ3v) is 8.32. The Morgan fingerprint density at radius 2 is 1.74 bits per heavy atom. The van der Waals surface area contributed by atoms with Crippen molar-refractivity contribution in [3.63, 3.8) is 0 Å². The van der Waals surface area contributed by atoms with Gasteiger partial charge in [-0.2, -0.15) is 0 Å². The lowest BCUT2D eigenvalue weighted by atomic mass is 9.95. The van der Waals surface area contributed by atoms with E-state index in [9.17, 15) is 4.79 Å². The standard InChI is InChI=1S/C30H37N7O/c1-21-17-22(2)27-24(18-21)19-26(30(38)31-27)28(29-32-33-34-37(29)25-11-7-4-8-12-25)36-15-13-35(14-16-36)20-23-9-5-3-6-10-23/h3,5-6,9-10,17-19,25,28H,4,7-8,11-16,20H2,1-2H3,(H,31,38). The summed E-state index contributed by atoms with van der Waals surface area (Å²) < 4.78 is 2.03. The van der Waals surface area contributed by atoms with Crippen LogP contribution in [0.15, 0.2) is 53.3 Å². The number of hydrogen-bond acceptors (Lipinski definition) is 6. The first-order valence-corrected chi connectivity index (χ1v) is 14.0. The predicted molar refractivity (Wildman–Crippen MR) is 149 cm³/mol. The van der Waals surface area contributed by atoms with E-state index >= 15 is 0 Å². The first kappa shape index (κ1) is 24.9. The molecule has 1 saturated heterocycles. The maximum Gasteiger partial charge on any atom is 0.253 e. The molecule has 198 valence electrons. The molecule has 1 N–H and O–H groups in total. The highest BCUT2D eigenvalue weighted by Gasteiger charge is 2.34. The summed E-state index contributed by atoms with van der Waals surface area (Å²) in [5, 5.41) is 14.3. The summed E-state index contributed by atoms with van der Waals surface area (Å²) in [5.74, 6) is 0.794. The van der Waals surface area contributed by atoms with Gasteiger partial charge in [0.15, 0.2) is 5.82 Å². The van der Waals surface area contributed by atoms with Crippen molar-refractivity contribution in [2.24, 2.45) is 0 Å². The maximum absolute atomic E-state index is 13.7. The van der Waals surface area contributed by atoms with E-state index in [-0.39, 0.29) is 11.6 Å². The predicted octanol–water partition coefficient (Wildman–Crippen LogP) is 4.54. The van der Waals surface area contributed by atoms with E-state index in [1.807, 2.05) is 4.68 Å². The van der Waals surface area contributed by atoms with E-state index in [4.69, 9.17) is 0 Å². The number of aryl methyl sites for hydroxylation is 2. The Labute approximate surface area is 223 Å². The van der Waals surface area contributed by atoms with Gasteiger partial charge in [0.25, 0.3) is 5.56 Å². The summed E-state index contributed by atoms with van der Waals surface area (Å²) in [7, 11) is 0. The number of nitrogens with zero attached hydrogens (tertiary/aromatic N) is 6. The number of tetrazole rings is 1. The Hall–Kier alpha value is -3.36. The monoisotopic (exact) mass is 511 g/mol. The van der Waals surface area contributed by atoms with Crippen molar-refractivity contribution in [2.45, 2.75) is 64.6 Å². The second-order valence-corrected chi connectivity index (χ2v) is 11.1. The van der Waals surface area contributed by atoms with Gasteiger partial charge in [0.1, 0.15) is 6.04 Å². The van der Waals surface area contributed by atoms with Gasteiger partial charge in [-0.15, -0.1) is 5.10 Å². The molecule has 8 heteroatoms. The minimum atomic E-state index is -0.292. The first-order chi connectivity index (χ1) is 18.6. The molecule has 6 rings (SSSR count). The zero-order valence-electron chi connectivity index (χ0n) is 22.4. The molecule has 3 heterocycles. The fourth-order valence-electron chi connectivity index (χ4n) is 6.39. The Bertz CT molecular complexity index is 1450. The number of pyridine rings is 1. The van der Waals surface area contributed by atoms with Crippen molar-refractivity contribution in [1.82, 2.24) is 35.0 Å². The molecule has 38 heavy (non-hydrogen) atoms. The molecule has 2 aromatic heterocycles. The summed E-state index contributed by atoms with van der Waals surface area (Å²) in [6.45, 7) is 8.65. The zero-order chi connectivity index (χ0) is 26.1. The molecule has 1 saturated carbocycles. The number of aromatic nitrogens is 5. The Kier molecular flexibility index (Phi) is 7.08. The van der Waals surface area contributed by atoms with Crippen LogP contribution in [0, 0.1) is 13.8 Å². The van der Waals surface area contributed by atoms with Crippen LogP contribution in [0.3, 0.4) is 0 Å². The van der Waals surface area contributed by atoms with Gasteiger partial charge in [-0.3, -0.25) is 14.6 Å². The molecule has 0 bridgehead atoms.